The summed E-state index contributed by atoms with van der Waals surface area (Å²) in [7, 11) is 3.32. The van der Waals surface area contributed by atoms with E-state index in [1.807, 2.05) is 72.8 Å². The molecule has 5 nitrogen and oxygen atoms in total. The number of methoxy groups -OCH3 is 2. The Morgan fingerprint density at radius 2 is 1.30 bits per heavy atom. The summed E-state index contributed by atoms with van der Waals surface area (Å²) in [6.07, 6.45) is 0. The number of nitrogens with zero attached hydrogens (tertiary/aromatic N) is 2. The molecule has 4 rings (SSSR count). The molecule has 0 aliphatic carbocycles. The molecule has 150 valence electrons. The highest BCUT2D eigenvalue weighted by Gasteiger charge is 2.12. The zero-order chi connectivity index (χ0) is 20.8. The van der Waals surface area contributed by atoms with Gasteiger partial charge in [0.05, 0.1) is 14.2 Å². The van der Waals surface area contributed by atoms with Gasteiger partial charge in [-0.2, -0.15) is 0 Å². The third-order valence-corrected chi connectivity index (χ3v) is 4.87. The molecule has 0 unspecified atom stereocenters. The SMILES string of the molecule is COc1ccc(-c2cc(NCc3ccccc3)nnc2-c2ccc(OC)cc2)cc1. The van der Waals surface area contributed by atoms with Crippen LogP contribution in [0.2, 0.25) is 0 Å². The minimum absolute atomic E-state index is 0.680. The molecule has 0 saturated heterocycles. The molecule has 4 aromatic rings. The largest absolute Gasteiger partial charge is 0.497 e. The standard InChI is InChI=1S/C25H23N3O2/c1-29-21-12-8-19(9-13-21)23-16-24(26-17-18-6-4-3-5-7-18)27-28-25(23)20-10-14-22(30-2)15-11-20/h3-16H,17H2,1-2H3,(H,26,27). The van der Waals surface area contributed by atoms with Crippen molar-refractivity contribution in [2.24, 2.45) is 0 Å². The quantitative estimate of drug-likeness (QED) is 0.450. The number of hydrogen-bond donors (Lipinski definition) is 1. The van der Waals surface area contributed by atoms with Crippen molar-refractivity contribution in [2.75, 3.05) is 19.5 Å². The lowest BCUT2D eigenvalue weighted by molar-refractivity contribution is 0.414. The Hall–Kier alpha value is -3.86. The molecule has 0 saturated carbocycles. The lowest BCUT2D eigenvalue weighted by atomic mass is 9.99. The fourth-order valence-corrected chi connectivity index (χ4v) is 3.22. The summed E-state index contributed by atoms with van der Waals surface area (Å²) < 4.78 is 10.6. The topological polar surface area (TPSA) is 56.3 Å². The summed E-state index contributed by atoms with van der Waals surface area (Å²) in [6.45, 7) is 0.680. The van der Waals surface area contributed by atoms with Gasteiger partial charge in [-0.25, -0.2) is 0 Å². The highest BCUT2D eigenvalue weighted by molar-refractivity contribution is 5.82. The van der Waals surface area contributed by atoms with Crippen molar-refractivity contribution in [2.45, 2.75) is 6.54 Å². The van der Waals surface area contributed by atoms with Gasteiger partial charge in [0.15, 0.2) is 0 Å². The van der Waals surface area contributed by atoms with Gasteiger partial charge >= 0.3 is 0 Å². The van der Waals surface area contributed by atoms with Gasteiger partial charge in [0.2, 0.25) is 0 Å². The molecular weight excluding hydrogens is 374 g/mol. The second-order valence-electron chi connectivity index (χ2n) is 6.79. The minimum atomic E-state index is 0.680. The third kappa shape index (κ3) is 4.41. The normalized spacial score (nSPS) is 10.5. The van der Waals surface area contributed by atoms with Crippen molar-refractivity contribution in [3.05, 3.63) is 90.5 Å². The molecular formula is C25H23N3O2. The van der Waals surface area contributed by atoms with Crippen LogP contribution in [-0.2, 0) is 6.54 Å². The Kier molecular flexibility index (Phi) is 5.90. The fraction of sp³-hybridized carbons (Fsp3) is 0.120. The summed E-state index contributed by atoms with van der Waals surface area (Å²) in [5, 5.41) is 12.3. The number of hydrogen-bond acceptors (Lipinski definition) is 5. The molecule has 1 heterocycles. The van der Waals surface area contributed by atoms with Crippen LogP contribution in [0.4, 0.5) is 5.82 Å². The molecule has 0 atom stereocenters. The number of ether oxygens (including phenoxy) is 2. The van der Waals surface area contributed by atoms with E-state index >= 15 is 0 Å². The third-order valence-electron chi connectivity index (χ3n) is 4.87. The van der Waals surface area contributed by atoms with E-state index in [0.29, 0.717) is 6.54 Å². The summed E-state index contributed by atoms with van der Waals surface area (Å²) in [4.78, 5) is 0. The minimum Gasteiger partial charge on any atom is -0.497 e. The molecule has 0 bridgehead atoms. The van der Waals surface area contributed by atoms with Crippen LogP contribution in [0, 0.1) is 0 Å². The first kappa shape index (κ1) is 19.5. The van der Waals surface area contributed by atoms with Crippen LogP contribution in [-0.4, -0.2) is 24.4 Å². The first-order valence-electron chi connectivity index (χ1n) is 9.71. The Morgan fingerprint density at radius 1 is 0.700 bits per heavy atom. The number of nitrogens with one attached hydrogen (secondary N) is 1. The van der Waals surface area contributed by atoms with Gasteiger partial charge in [-0.15, -0.1) is 10.2 Å². The van der Waals surface area contributed by atoms with Gasteiger partial charge in [-0.3, -0.25) is 0 Å². The van der Waals surface area contributed by atoms with E-state index in [1.54, 1.807) is 14.2 Å². The van der Waals surface area contributed by atoms with E-state index in [4.69, 9.17) is 9.47 Å². The average Bonchev–Trinajstić information content (AvgIpc) is 2.83. The van der Waals surface area contributed by atoms with E-state index < -0.39 is 0 Å². The van der Waals surface area contributed by atoms with Gasteiger partial charge in [0.1, 0.15) is 23.0 Å². The second kappa shape index (κ2) is 9.09. The number of anilines is 1. The van der Waals surface area contributed by atoms with Gasteiger partial charge in [-0.05, 0) is 53.6 Å². The molecule has 30 heavy (non-hydrogen) atoms. The lowest BCUT2D eigenvalue weighted by Crippen LogP contribution is -2.04. The van der Waals surface area contributed by atoms with Crippen molar-refractivity contribution in [1.29, 1.82) is 0 Å². The summed E-state index contributed by atoms with van der Waals surface area (Å²) in [6, 6.07) is 28.1. The van der Waals surface area contributed by atoms with Crippen LogP contribution in [0.5, 0.6) is 11.5 Å². The smallest absolute Gasteiger partial charge is 0.149 e. The highest BCUT2D eigenvalue weighted by atomic mass is 16.5. The molecule has 1 N–H and O–H groups in total. The Balaban J connectivity index is 1.70. The van der Waals surface area contributed by atoms with Crippen LogP contribution in [0.3, 0.4) is 0 Å². The first-order chi connectivity index (χ1) is 14.8. The summed E-state index contributed by atoms with van der Waals surface area (Å²) in [5.74, 6) is 2.34. The van der Waals surface area contributed by atoms with E-state index in [9.17, 15) is 0 Å². The van der Waals surface area contributed by atoms with E-state index in [-0.39, 0.29) is 0 Å². The summed E-state index contributed by atoms with van der Waals surface area (Å²) in [5.41, 5.74) is 5.01. The first-order valence-corrected chi connectivity index (χ1v) is 9.71. The fourth-order valence-electron chi connectivity index (χ4n) is 3.22. The Bertz CT molecular complexity index is 1100. The number of rotatable bonds is 7. The molecule has 0 aliphatic rings. The zero-order valence-corrected chi connectivity index (χ0v) is 17.0. The molecule has 0 radical (unpaired) electrons. The average molecular weight is 397 g/mol. The molecule has 0 fully saturated rings. The van der Waals surface area contributed by atoms with Crippen LogP contribution < -0.4 is 14.8 Å². The maximum absolute atomic E-state index is 5.30. The lowest BCUT2D eigenvalue weighted by Gasteiger charge is -2.13. The van der Waals surface area contributed by atoms with Crippen LogP contribution in [0.1, 0.15) is 5.56 Å². The number of benzene rings is 3. The van der Waals surface area contributed by atoms with Crippen LogP contribution in [0.25, 0.3) is 22.4 Å². The maximum Gasteiger partial charge on any atom is 0.149 e. The van der Waals surface area contributed by atoms with Crippen molar-refractivity contribution >= 4 is 5.82 Å². The van der Waals surface area contributed by atoms with Gasteiger partial charge in [0, 0.05) is 17.7 Å². The zero-order valence-electron chi connectivity index (χ0n) is 17.0. The molecule has 0 spiro atoms. The predicted molar refractivity (Wildman–Crippen MR) is 120 cm³/mol. The van der Waals surface area contributed by atoms with E-state index in [2.05, 4.69) is 27.6 Å². The van der Waals surface area contributed by atoms with Crippen LogP contribution >= 0.6 is 0 Å². The summed E-state index contributed by atoms with van der Waals surface area (Å²) >= 11 is 0. The monoisotopic (exact) mass is 397 g/mol. The Morgan fingerprint density at radius 3 is 1.90 bits per heavy atom. The van der Waals surface area contributed by atoms with Gasteiger partial charge in [0.25, 0.3) is 0 Å². The predicted octanol–water partition coefficient (Wildman–Crippen LogP) is 5.44. The van der Waals surface area contributed by atoms with Crippen LogP contribution in [0.15, 0.2) is 84.9 Å². The molecule has 0 aliphatic heterocycles. The highest BCUT2D eigenvalue weighted by Crippen LogP contribution is 2.33. The van der Waals surface area contributed by atoms with E-state index in [1.165, 1.54) is 5.56 Å². The van der Waals surface area contributed by atoms with Gasteiger partial charge < -0.3 is 14.8 Å². The van der Waals surface area contributed by atoms with Crippen molar-refractivity contribution < 1.29 is 9.47 Å². The molecule has 5 heteroatoms. The van der Waals surface area contributed by atoms with Crippen molar-refractivity contribution in [1.82, 2.24) is 10.2 Å². The molecule has 0 amide bonds. The van der Waals surface area contributed by atoms with Crippen molar-refractivity contribution in [3.8, 4) is 33.9 Å². The van der Waals surface area contributed by atoms with E-state index in [0.717, 1.165) is 39.7 Å². The number of aromatic nitrogens is 2. The molecule has 1 aromatic heterocycles. The van der Waals surface area contributed by atoms with Gasteiger partial charge in [-0.1, -0.05) is 42.5 Å². The second-order valence-corrected chi connectivity index (χ2v) is 6.79. The molecule has 3 aromatic carbocycles. The van der Waals surface area contributed by atoms with Crippen molar-refractivity contribution in [3.63, 3.8) is 0 Å². The Labute approximate surface area is 176 Å². The maximum atomic E-state index is 5.30.